The van der Waals surface area contributed by atoms with Crippen molar-refractivity contribution in [2.45, 2.75) is 18.2 Å². The molecular weight excluding hydrogens is 382 g/mol. The van der Waals surface area contributed by atoms with E-state index < -0.39 is 15.4 Å². The van der Waals surface area contributed by atoms with E-state index in [-0.39, 0.29) is 29.0 Å². The van der Waals surface area contributed by atoms with Gasteiger partial charge >= 0.3 is 0 Å². The number of rotatable bonds is 3. The number of halogens is 2. The number of carbonyl (C=O) groups is 1. The van der Waals surface area contributed by atoms with Gasteiger partial charge in [0.1, 0.15) is 10.0 Å². The number of carbonyl (C=O) groups excluding carboxylic acids is 1. The summed E-state index contributed by atoms with van der Waals surface area (Å²) in [7, 11) is -2.23. The zero-order valence-electron chi connectivity index (χ0n) is 11.6. The third-order valence-electron chi connectivity index (χ3n) is 3.60. The second kappa shape index (κ2) is 5.83. The number of hydrogen-bond donors (Lipinski definition) is 1. The number of amides is 1. The molecule has 1 aromatic heterocycles. The molecule has 116 valence electrons. The van der Waals surface area contributed by atoms with Gasteiger partial charge in [-0.3, -0.25) is 4.79 Å². The summed E-state index contributed by atoms with van der Waals surface area (Å²) < 4.78 is 27.1. The van der Waals surface area contributed by atoms with Crippen LogP contribution in [0.5, 0.6) is 0 Å². The summed E-state index contributed by atoms with van der Waals surface area (Å²) in [6.45, 7) is 2.15. The Bertz CT molecular complexity index is 682. The molecule has 1 fully saturated rings. The molecule has 1 atom stereocenters. The van der Waals surface area contributed by atoms with Crippen molar-refractivity contribution in [3.05, 3.63) is 21.9 Å². The molecule has 6 nitrogen and oxygen atoms in total. The molecular formula is C12H15BrClN3O3S. The van der Waals surface area contributed by atoms with Gasteiger partial charge in [-0.1, -0.05) is 11.6 Å². The lowest BCUT2D eigenvalue weighted by atomic mass is 9.89. The van der Waals surface area contributed by atoms with Crippen LogP contribution in [0.2, 0.25) is 5.15 Å². The summed E-state index contributed by atoms with van der Waals surface area (Å²) in [4.78, 5) is 15.7. The van der Waals surface area contributed by atoms with Crippen molar-refractivity contribution in [3.63, 3.8) is 0 Å². The molecule has 1 amide bonds. The van der Waals surface area contributed by atoms with Gasteiger partial charge in [0.25, 0.3) is 0 Å². The Labute approximate surface area is 137 Å². The zero-order chi connectivity index (χ0) is 15.8. The number of sulfonamides is 1. The van der Waals surface area contributed by atoms with Gasteiger partial charge in [0, 0.05) is 30.8 Å². The van der Waals surface area contributed by atoms with E-state index in [1.807, 2.05) is 0 Å². The maximum Gasteiger partial charge on any atom is 0.246 e. The van der Waals surface area contributed by atoms with Crippen LogP contribution in [-0.2, 0) is 14.8 Å². The van der Waals surface area contributed by atoms with E-state index in [9.17, 15) is 13.2 Å². The first kappa shape index (κ1) is 16.7. The molecule has 9 heteroatoms. The molecule has 1 saturated heterocycles. The number of pyridine rings is 1. The predicted octanol–water partition coefficient (Wildman–Crippen LogP) is 1.64. The average molecular weight is 397 g/mol. The van der Waals surface area contributed by atoms with Crippen molar-refractivity contribution < 1.29 is 13.2 Å². The molecule has 0 aliphatic carbocycles. The number of nitrogens with zero attached hydrogens (tertiary/aromatic N) is 2. The van der Waals surface area contributed by atoms with Crippen molar-refractivity contribution in [1.29, 1.82) is 0 Å². The van der Waals surface area contributed by atoms with Crippen LogP contribution >= 0.6 is 27.5 Å². The first-order valence-electron chi connectivity index (χ1n) is 6.24. The first-order valence-corrected chi connectivity index (χ1v) is 8.85. The maximum absolute atomic E-state index is 12.7. The Morgan fingerprint density at radius 3 is 2.86 bits per heavy atom. The fourth-order valence-electron chi connectivity index (χ4n) is 2.34. The van der Waals surface area contributed by atoms with Gasteiger partial charge in [0.05, 0.1) is 5.41 Å². The first-order chi connectivity index (χ1) is 9.70. The molecule has 0 aromatic carbocycles. The van der Waals surface area contributed by atoms with Gasteiger partial charge in [-0.25, -0.2) is 13.4 Å². The summed E-state index contributed by atoms with van der Waals surface area (Å²) in [5.74, 6) is -0.168. The van der Waals surface area contributed by atoms with Crippen molar-refractivity contribution in [2.24, 2.45) is 5.41 Å². The van der Waals surface area contributed by atoms with Gasteiger partial charge in [-0.15, -0.1) is 0 Å². The fraction of sp³-hybridized carbons (Fsp3) is 0.500. The lowest BCUT2D eigenvalue weighted by molar-refractivity contribution is -0.128. The second-order valence-corrected chi connectivity index (χ2v) is 8.35. The lowest BCUT2D eigenvalue weighted by Crippen LogP contribution is -2.40. The van der Waals surface area contributed by atoms with Crippen LogP contribution in [0.25, 0.3) is 0 Å². The van der Waals surface area contributed by atoms with Crippen LogP contribution in [-0.4, -0.2) is 43.8 Å². The van der Waals surface area contributed by atoms with E-state index in [1.165, 1.54) is 16.6 Å². The SMILES string of the molecule is CNC(=O)C1(C)CCN(S(=O)(=O)c2cc(Br)cnc2Cl)C1. The van der Waals surface area contributed by atoms with Gasteiger partial charge in [0.2, 0.25) is 15.9 Å². The summed E-state index contributed by atoms with van der Waals surface area (Å²) >= 11 is 9.09. The van der Waals surface area contributed by atoms with E-state index >= 15 is 0 Å². The van der Waals surface area contributed by atoms with E-state index in [1.54, 1.807) is 14.0 Å². The van der Waals surface area contributed by atoms with Crippen molar-refractivity contribution in [2.75, 3.05) is 20.1 Å². The van der Waals surface area contributed by atoms with E-state index in [0.29, 0.717) is 10.9 Å². The Morgan fingerprint density at radius 1 is 1.57 bits per heavy atom. The fourth-order valence-corrected chi connectivity index (χ4v) is 4.82. The highest BCUT2D eigenvalue weighted by Crippen LogP contribution is 2.35. The average Bonchev–Trinajstić information content (AvgIpc) is 2.85. The second-order valence-electron chi connectivity index (χ2n) is 5.17. The minimum absolute atomic E-state index is 0.0558. The van der Waals surface area contributed by atoms with Crippen LogP contribution in [0, 0.1) is 5.41 Å². The van der Waals surface area contributed by atoms with E-state index in [0.717, 1.165) is 0 Å². The number of nitrogens with one attached hydrogen (secondary N) is 1. The Balaban J connectivity index is 2.34. The molecule has 1 unspecified atom stereocenters. The van der Waals surface area contributed by atoms with Gasteiger partial charge in [-0.05, 0) is 35.3 Å². The minimum atomic E-state index is -3.78. The van der Waals surface area contributed by atoms with Crippen LogP contribution in [0.15, 0.2) is 21.6 Å². The predicted molar refractivity (Wildman–Crippen MR) is 82.5 cm³/mol. The molecule has 0 radical (unpaired) electrons. The summed E-state index contributed by atoms with van der Waals surface area (Å²) in [6.07, 6.45) is 1.89. The summed E-state index contributed by atoms with van der Waals surface area (Å²) in [5, 5.41) is 2.50. The Morgan fingerprint density at radius 2 is 2.24 bits per heavy atom. The maximum atomic E-state index is 12.7. The third kappa shape index (κ3) is 3.08. The summed E-state index contributed by atoms with van der Waals surface area (Å²) in [6, 6.07) is 1.42. The number of hydrogen-bond acceptors (Lipinski definition) is 4. The molecule has 0 saturated carbocycles. The topological polar surface area (TPSA) is 79.4 Å². The van der Waals surface area contributed by atoms with Crippen LogP contribution in [0.4, 0.5) is 0 Å². The smallest absolute Gasteiger partial charge is 0.246 e. The van der Waals surface area contributed by atoms with E-state index in [2.05, 4.69) is 26.2 Å². The van der Waals surface area contributed by atoms with Crippen LogP contribution in [0.3, 0.4) is 0 Å². The molecule has 1 N–H and O–H groups in total. The molecule has 21 heavy (non-hydrogen) atoms. The third-order valence-corrected chi connectivity index (χ3v) is 6.31. The molecule has 1 aliphatic rings. The Kier molecular flexibility index (Phi) is 4.63. The molecule has 2 heterocycles. The zero-order valence-corrected chi connectivity index (χ0v) is 14.7. The quantitative estimate of drug-likeness (QED) is 0.788. The molecule has 2 rings (SSSR count). The largest absolute Gasteiger partial charge is 0.359 e. The lowest BCUT2D eigenvalue weighted by Gasteiger charge is -2.22. The minimum Gasteiger partial charge on any atom is -0.359 e. The van der Waals surface area contributed by atoms with Crippen LogP contribution < -0.4 is 5.32 Å². The highest BCUT2D eigenvalue weighted by molar-refractivity contribution is 9.10. The standard InChI is InChI=1S/C12H15BrClN3O3S/c1-12(11(18)15-2)3-4-17(7-12)21(19,20)9-5-8(13)6-16-10(9)14/h5-6H,3-4,7H2,1-2H3,(H,15,18). The highest BCUT2D eigenvalue weighted by Gasteiger charge is 2.44. The Hall–Kier alpha value is -0.700. The van der Waals surface area contributed by atoms with Crippen molar-refractivity contribution in [3.8, 4) is 0 Å². The summed E-state index contributed by atoms with van der Waals surface area (Å²) in [5.41, 5.74) is -0.728. The van der Waals surface area contributed by atoms with Crippen molar-refractivity contribution in [1.82, 2.24) is 14.6 Å². The monoisotopic (exact) mass is 395 g/mol. The molecule has 1 aliphatic heterocycles. The molecule has 0 spiro atoms. The van der Waals surface area contributed by atoms with E-state index in [4.69, 9.17) is 11.6 Å². The van der Waals surface area contributed by atoms with Gasteiger partial charge < -0.3 is 5.32 Å². The normalized spacial score (nSPS) is 23.2. The van der Waals surface area contributed by atoms with Crippen LogP contribution in [0.1, 0.15) is 13.3 Å². The highest BCUT2D eigenvalue weighted by atomic mass is 79.9. The number of aromatic nitrogens is 1. The molecule has 1 aromatic rings. The van der Waals surface area contributed by atoms with Gasteiger partial charge in [0.15, 0.2) is 0 Å². The van der Waals surface area contributed by atoms with Crippen molar-refractivity contribution >= 4 is 43.5 Å². The van der Waals surface area contributed by atoms with Gasteiger partial charge in [-0.2, -0.15) is 4.31 Å². The molecule has 0 bridgehead atoms.